The summed E-state index contributed by atoms with van der Waals surface area (Å²) in [6.45, 7) is 9.26. The zero-order valence-electron chi connectivity index (χ0n) is 14.6. The standard InChI is InChI=1S/C19H29N3O/c1-13-10-14(2)12-21(11-13)19(23)15(3)22-9-5-6-16-17(20)7-4-8-18(16)22/h4,7-8,13-15H,5-6,9-12,20H2,1-3H3. The molecule has 3 unspecified atom stereocenters. The number of nitrogen functional groups attached to an aromatic ring is 1. The number of likely N-dealkylation sites (tertiary alicyclic amines) is 1. The third-order valence-electron chi connectivity index (χ3n) is 5.33. The summed E-state index contributed by atoms with van der Waals surface area (Å²) in [5.74, 6) is 1.46. The van der Waals surface area contributed by atoms with E-state index in [1.165, 1.54) is 12.0 Å². The van der Waals surface area contributed by atoms with Gasteiger partial charge in [-0.25, -0.2) is 0 Å². The van der Waals surface area contributed by atoms with Crippen molar-refractivity contribution in [2.24, 2.45) is 11.8 Å². The van der Waals surface area contributed by atoms with E-state index in [0.717, 1.165) is 43.9 Å². The second kappa shape index (κ2) is 6.42. The van der Waals surface area contributed by atoms with Crippen LogP contribution >= 0.6 is 0 Å². The number of hydrogen-bond donors (Lipinski definition) is 1. The number of nitrogens with zero attached hydrogens (tertiary/aromatic N) is 2. The molecule has 126 valence electrons. The molecule has 0 aromatic heterocycles. The third-order valence-corrected chi connectivity index (χ3v) is 5.33. The van der Waals surface area contributed by atoms with Crippen molar-refractivity contribution in [2.75, 3.05) is 30.3 Å². The molecule has 1 fully saturated rings. The SMILES string of the molecule is CC1CC(C)CN(C(=O)C(C)N2CCCc3c(N)cccc32)C1. The molecule has 1 aromatic rings. The lowest BCUT2D eigenvalue weighted by atomic mass is 9.91. The Morgan fingerprint density at radius 1 is 1.26 bits per heavy atom. The number of rotatable bonds is 2. The molecule has 3 atom stereocenters. The topological polar surface area (TPSA) is 49.6 Å². The molecule has 2 N–H and O–H groups in total. The number of anilines is 2. The molecule has 23 heavy (non-hydrogen) atoms. The summed E-state index contributed by atoms with van der Waals surface area (Å²) in [7, 11) is 0. The van der Waals surface area contributed by atoms with Crippen LogP contribution in [0.2, 0.25) is 0 Å². The highest BCUT2D eigenvalue weighted by Crippen LogP contribution is 2.33. The molecule has 0 radical (unpaired) electrons. The molecule has 4 heteroatoms. The molecule has 2 aliphatic heterocycles. The van der Waals surface area contributed by atoms with Crippen LogP contribution in [0.5, 0.6) is 0 Å². The zero-order valence-corrected chi connectivity index (χ0v) is 14.6. The first kappa shape index (κ1) is 16.2. The van der Waals surface area contributed by atoms with Gasteiger partial charge in [-0.05, 0) is 55.7 Å². The molecule has 0 bridgehead atoms. The molecule has 3 rings (SSSR count). The maximum absolute atomic E-state index is 13.0. The van der Waals surface area contributed by atoms with E-state index in [-0.39, 0.29) is 11.9 Å². The largest absolute Gasteiger partial charge is 0.398 e. The van der Waals surface area contributed by atoms with Crippen molar-refractivity contribution < 1.29 is 4.79 Å². The summed E-state index contributed by atoms with van der Waals surface area (Å²) < 4.78 is 0. The van der Waals surface area contributed by atoms with Crippen LogP contribution < -0.4 is 10.6 Å². The molecule has 0 saturated carbocycles. The third kappa shape index (κ3) is 3.17. The lowest BCUT2D eigenvalue weighted by molar-refractivity contribution is -0.135. The first-order chi connectivity index (χ1) is 11.0. The van der Waals surface area contributed by atoms with E-state index in [1.54, 1.807) is 0 Å². The Morgan fingerprint density at radius 3 is 2.65 bits per heavy atom. The van der Waals surface area contributed by atoms with Crippen LogP contribution in [0.25, 0.3) is 0 Å². The lowest BCUT2D eigenvalue weighted by Gasteiger charge is -2.41. The Hall–Kier alpha value is -1.71. The maximum atomic E-state index is 13.0. The fourth-order valence-electron chi connectivity index (χ4n) is 4.32. The summed E-state index contributed by atoms with van der Waals surface area (Å²) in [4.78, 5) is 17.4. The van der Waals surface area contributed by atoms with Gasteiger partial charge in [-0.2, -0.15) is 0 Å². The quantitative estimate of drug-likeness (QED) is 0.854. The highest BCUT2D eigenvalue weighted by molar-refractivity contribution is 5.86. The van der Waals surface area contributed by atoms with Crippen LogP contribution in [0.4, 0.5) is 11.4 Å². The second-order valence-corrected chi connectivity index (χ2v) is 7.51. The van der Waals surface area contributed by atoms with Gasteiger partial charge in [0.15, 0.2) is 0 Å². The van der Waals surface area contributed by atoms with Crippen molar-refractivity contribution in [1.29, 1.82) is 0 Å². The minimum absolute atomic E-state index is 0.117. The fourth-order valence-corrected chi connectivity index (χ4v) is 4.32. The zero-order chi connectivity index (χ0) is 16.6. The van der Waals surface area contributed by atoms with Gasteiger partial charge in [0.05, 0.1) is 0 Å². The summed E-state index contributed by atoms with van der Waals surface area (Å²) in [5.41, 5.74) is 9.35. The minimum atomic E-state index is -0.117. The highest BCUT2D eigenvalue weighted by atomic mass is 16.2. The Bertz CT molecular complexity index is 576. The Morgan fingerprint density at radius 2 is 1.96 bits per heavy atom. The van der Waals surface area contributed by atoms with Crippen molar-refractivity contribution >= 4 is 17.3 Å². The van der Waals surface area contributed by atoms with E-state index >= 15 is 0 Å². The van der Waals surface area contributed by atoms with Crippen molar-refractivity contribution in [3.05, 3.63) is 23.8 Å². The molecular weight excluding hydrogens is 286 g/mol. The number of nitrogens with two attached hydrogens (primary N) is 1. The molecule has 1 saturated heterocycles. The number of benzene rings is 1. The molecule has 2 heterocycles. The van der Waals surface area contributed by atoms with E-state index in [2.05, 4.69) is 29.7 Å². The average molecular weight is 315 g/mol. The first-order valence-electron chi connectivity index (χ1n) is 8.90. The van der Waals surface area contributed by atoms with Crippen molar-refractivity contribution in [2.45, 2.75) is 46.1 Å². The molecule has 0 aliphatic carbocycles. The van der Waals surface area contributed by atoms with E-state index in [4.69, 9.17) is 5.73 Å². The Labute approximate surface area is 139 Å². The van der Waals surface area contributed by atoms with Gasteiger partial charge in [0.25, 0.3) is 0 Å². The van der Waals surface area contributed by atoms with E-state index in [9.17, 15) is 4.79 Å². The predicted molar refractivity (Wildman–Crippen MR) is 95.5 cm³/mol. The van der Waals surface area contributed by atoms with Crippen LogP contribution in [0.15, 0.2) is 18.2 Å². The summed E-state index contributed by atoms with van der Waals surface area (Å²) >= 11 is 0. The second-order valence-electron chi connectivity index (χ2n) is 7.51. The van der Waals surface area contributed by atoms with Crippen molar-refractivity contribution in [3.63, 3.8) is 0 Å². The fraction of sp³-hybridized carbons (Fsp3) is 0.632. The van der Waals surface area contributed by atoms with Crippen LogP contribution in [0, 0.1) is 11.8 Å². The molecule has 0 spiro atoms. The van der Waals surface area contributed by atoms with Gasteiger partial charge in [-0.1, -0.05) is 19.9 Å². The summed E-state index contributed by atoms with van der Waals surface area (Å²) in [6, 6.07) is 5.95. The molecule has 1 amide bonds. The molecular formula is C19H29N3O. The monoisotopic (exact) mass is 315 g/mol. The number of fused-ring (bicyclic) bond motifs is 1. The number of piperidine rings is 1. The number of carbonyl (C=O) groups is 1. The summed E-state index contributed by atoms with van der Waals surface area (Å²) in [5, 5.41) is 0. The van der Waals surface area contributed by atoms with Crippen LogP contribution in [-0.4, -0.2) is 36.5 Å². The van der Waals surface area contributed by atoms with Gasteiger partial charge in [0.2, 0.25) is 5.91 Å². The van der Waals surface area contributed by atoms with Crippen LogP contribution in [0.3, 0.4) is 0 Å². The molecule has 1 aromatic carbocycles. The molecule has 4 nitrogen and oxygen atoms in total. The molecule has 2 aliphatic rings. The van der Waals surface area contributed by atoms with Crippen molar-refractivity contribution in [3.8, 4) is 0 Å². The van der Waals surface area contributed by atoms with Crippen molar-refractivity contribution in [1.82, 2.24) is 4.90 Å². The number of hydrogen-bond acceptors (Lipinski definition) is 3. The van der Waals surface area contributed by atoms with E-state index in [0.29, 0.717) is 11.8 Å². The summed E-state index contributed by atoms with van der Waals surface area (Å²) in [6.07, 6.45) is 3.30. The van der Waals surface area contributed by atoms with E-state index < -0.39 is 0 Å². The Kier molecular flexibility index (Phi) is 4.51. The van der Waals surface area contributed by atoms with Gasteiger partial charge < -0.3 is 15.5 Å². The first-order valence-corrected chi connectivity index (χ1v) is 8.90. The van der Waals surface area contributed by atoms with Gasteiger partial charge >= 0.3 is 0 Å². The maximum Gasteiger partial charge on any atom is 0.244 e. The van der Waals surface area contributed by atoms with Gasteiger partial charge in [-0.15, -0.1) is 0 Å². The smallest absolute Gasteiger partial charge is 0.244 e. The average Bonchev–Trinajstić information content (AvgIpc) is 2.52. The Balaban J connectivity index is 1.80. The highest BCUT2D eigenvalue weighted by Gasteiger charge is 2.32. The van der Waals surface area contributed by atoms with Gasteiger partial charge in [-0.3, -0.25) is 4.79 Å². The van der Waals surface area contributed by atoms with Crippen LogP contribution in [-0.2, 0) is 11.2 Å². The lowest BCUT2D eigenvalue weighted by Crippen LogP contribution is -2.52. The minimum Gasteiger partial charge on any atom is -0.398 e. The van der Waals surface area contributed by atoms with Gasteiger partial charge in [0.1, 0.15) is 6.04 Å². The van der Waals surface area contributed by atoms with Gasteiger partial charge in [0, 0.05) is 31.0 Å². The number of carbonyl (C=O) groups excluding carboxylic acids is 1. The number of amides is 1. The normalized spacial score (nSPS) is 25.9. The predicted octanol–water partition coefficient (Wildman–Crippen LogP) is 2.91. The van der Waals surface area contributed by atoms with E-state index in [1.807, 2.05) is 19.1 Å². The van der Waals surface area contributed by atoms with Crippen LogP contribution in [0.1, 0.15) is 39.2 Å².